The summed E-state index contributed by atoms with van der Waals surface area (Å²) in [6, 6.07) is 0. The van der Waals surface area contributed by atoms with Gasteiger partial charge in [0.25, 0.3) is 0 Å². The lowest BCUT2D eigenvalue weighted by atomic mass is 10.1. The minimum Gasteiger partial charge on any atom is -0.309 e. The predicted molar refractivity (Wildman–Crippen MR) is 105 cm³/mol. The van der Waals surface area contributed by atoms with Crippen LogP contribution < -0.4 is 0 Å². The van der Waals surface area contributed by atoms with Gasteiger partial charge in [-0.15, -0.1) is 0 Å². The number of nitrogens with zero attached hydrogens (tertiary/aromatic N) is 3. The lowest BCUT2D eigenvalue weighted by Gasteiger charge is -2.24. The van der Waals surface area contributed by atoms with Gasteiger partial charge in [-0.25, -0.2) is 0 Å². The van der Waals surface area contributed by atoms with E-state index >= 15 is 0 Å². The summed E-state index contributed by atoms with van der Waals surface area (Å²) in [5, 5.41) is 0. The molecule has 0 aliphatic carbocycles. The highest BCUT2D eigenvalue weighted by Crippen LogP contribution is 2.08. The fraction of sp³-hybridized carbons (Fsp3) is 0.700. The Morgan fingerprint density at radius 1 is 0.913 bits per heavy atom. The van der Waals surface area contributed by atoms with Crippen molar-refractivity contribution in [2.45, 2.75) is 32.6 Å². The zero-order valence-electron chi connectivity index (χ0n) is 16.3. The van der Waals surface area contributed by atoms with Gasteiger partial charge in [-0.1, -0.05) is 36.5 Å². The second-order valence-corrected chi connectivity index (χ2v) is 7.04. The quantitative estimate of drug-likeness (QED) is 0.357. The fourth-order valence-corrected chi connectivity index (χ4v) is 2.51. The Bertz CT molecular complexity index is 342. The molecule has 0 heterocycles. The van der Waals surface area contributed by atoms with E-state index in [1.807, 2.05) is 6.08 Å². The van der Waals surface area contributed by atoms with Crippen molar-refractivity contribution in [3.05, 3.63) is 36.5 Å². The zero-order valence-corrected chi connectivity index (χ0v) is 16.3. The van der Waals surface area contributed by atoms with Gasteiger partial charge in [0.15, 0.2) is 0 Å². The summed E-state index contributed by atoms with van der Waals surface area (Å²) in [7, 11) is 8.59. The predicted octanol–water partition coefficient (Wildman–Crippen LogP) is 3.66. The number of allylic oxidation sites excluding steroid dienone is 3. The number of hydrogen-bond acceptors (Lipinski definition) is 3. The van der Waals surface area contributed by atoms with Gasteiger partial charge in [0.05, 0.1) is 0 Å². The molecule has 0 aromatic heterocycles. The SMILES string of the molecule is C=CC(=C)CC/C=C(\C)CN(CCCN(C)C)CCCN(C)C. The third-order valence-electron chi connectivity index (χ3n) is 3.88. The van der Waals surface area contributed by atoms with Crippen molar-refractivity contribution in [1.82, 2.24) is 14.7 Å². The molecule has 0 atom stereocenters. The molecule has 0 fully saturated rings. The van der Waals surface area contributed by atoms with Gasteiger partial charge in [-0.2, -0.15) is 0 Å². The van der Waals surface area contributed by atoms with Gasteiger partial charge in [-0.3, -0.25) is 4.90 Å². The topological polar surface area (TPSA) is 9.72 Å². The van der Waals surface area contributed by atoms with Gasteiger partial charge < -0.3 is 9.80 Å². The smallest absolute Gasteiger partial charge is 0.0190 e. The van der Waals surface area contributed by atoms with Gasteiger partial charge >= 0.3 is 0 Å². The third kappa shape index (κ3) is 14.4. The summed E-state index contributed by atoms with van der Waals surface area (Å²) in [5.74, 6) is 0. The Hall–Kier alpha value is -0.900. The van der Waals surface area contributed by atoms with Crippen molar-refractivity contribution >= 4 is 0 Å². The lowest BCUT2D eigenvalue weighted by Crippen LogP contribution is -2.31. The summed E-state index contributed by atoms with van der Waals surface area (Å²) < 4.78 is 0. The first-order valence-electron chi connectivity index (χ1n) is 8.82. The van der Waals surface area contributed by atoms with E-state index in [9.17, 15) is 0 Å². The molecule has 23 heavy (non-hydrogen) atoms. The van der Waals surface area contributed by atoms with Crippen LogP contribution in [0.1, 0.15) is 32.6 Å². The maximum atomic E-state index is 3.98. The Morgan fingerprint density at radius 2 is 1.43 bits per heavy atom. The van der Waals surface area contributed by atoms with Crippen LogP contribution in [0, 0.1) is 0 Å². The van der Waals surface area contributed by atoms with Crippen LogP contribution in [-0.4, -0.2) is 75.6 Å². The Kier molecular flexibility index (Phi) is 13.0. The van der Waals surface area contributed by atoms with Crippen molar-refractivity contribution in [1.29, 1.82) is 0 Å². The molecule has 0 unspecified atom stereocenters. The van der Waals surface area contributed by atoms with Crippen molar-refractivity contribution in [2.75, 3.05) is 60.9 Å². The van der Waals surface area contributed by atoms with Crippen molar-refractivity contribution in [3.63, 3.8) is 0 Å². The van der Waals surface area contributed by atoms with Crippen LogP contribution in [0.5, 0.6) is 0 Å². The monoisotopic (exact) mass is 321 g/mol. The summed E-state index contributed by atoms with van der Waals surface area (Å²) >= 11 is 0. The van der Waals surface area contributed by atoms with E-state index in [4.69, 9.17) is 0 Å². The molecule has 134 valence electrons. The van der Waals surface area contributed by atoms with Crippen molar-refractivity contribution in [2.24, 2.45) is 0 Å². The molecule has 0 N–H and O–H groups in total. The summed E-state index contributed by atoms with van der Waals surface area (Å²) in [6.07, 6.45) is 8.77. The average molecular weight is 322 g/mol. The van der Waals surface area contributed by atoms with E-state index < -0.39 is 0 Å². The van der Waals surface area contributed by atoms with E-state index in [0.29, 0.717) is 0 Å². The Labute approximate surface area is 145 Å². The van der Waals surface area contributed by atoms with E-state index in [2.05, 4.69) is 69.0 Å². The molecule has 0 aliphatic rings. The molecule has 3 nitrogen and oxygen atoms in total. The first-order valence-corrected chi connectivity index (χ1v) is 8.82. The molecule has 0 spiro atoms. The van der Waals surface area contributed by atoms with Crippen molar-refractivity contribution in [3.8, 4) is 0 Å². The Balaban J connectivity index is 4.31. The molecular formula is C20H39N3. The van der Waals surface area contributed by atoms with Crippen LogP contribution in [0.25, 0.3) is 0 Å². The van der Waals surface area contributed by atoms with E-state index in [1.165, 1.54) is 31.5 Å². The third-order valence-corrected chi connectivity index (χ3v) is 3.88. The Morgan fingerprint density at radius 3 is 1.87 bits per heavy atom. The molecule has 3 heteroatoms. The first kappa shape index (κ1) is 22.1. The molecule has 0 saturated heterocycles. The normalized spacial score (nSPS) is 12.4. The van der Waals surface area contributed by atoms with Gasteiger partial charge in [0, 0.05) is 6.54 Å². The molecular weight excluding hydrogens is 282 g/mol. The highest BCUT2D eigenvalue weighted by molar-refractivity contribution is 5.12. The number of rotatable bonds is 14. The molecule has 0 bridgehead atoms. The van der Waals surface area contributed by atoms with Crippen LogP contribution in [0.15, 0.2) is 36.5 Å². The average Bonchev–Trinajstić information content (AvgIpc) is 2.45. The lowest BCUT2D eigenvalue weighted by molar-refractivity contribution is 0.256. The van der Waals surface area contributed by atoms with Gasteiger partial charge in [0.2, 0.25) is 0 Å². The van der Waals surface area contributed by atoms with E-state index in [1.54, 1.807) is 0 Å². The second-order valence-electron chi connectivity index (χ2n) is 7.04. The zero-order chi connectivity index (χ0) is 17.7. The maximum absolute atomic E-state index is 3.98. The van der Waals surface area contributed by atoms with Crippen molar-refractivity contribution < 1.29 is 0 Å². The summed E-state index contributed by atoms with van der Waals surface area (Å²) in [5.41, 5.74) is 2.60. The minimum absolute atomic E-state index is 1.02. The highest BCUT2D eigenvalue weighted by atomic mass is 15.1. The van der Waals surface area contributed by atoms with E-state index in [-0.39, 0.29) is 0 Å². The maximum Gasteiger partial charge on any atom is 0.0190 e. The molecule has 0 radical (unpaired) electrons. The van der Waals surface area contributed by atoms with E-state index in [0.717, 1.165) is 38.0 Å². The molecule has 0 amide bonds. The first-order chi connectivity index (χ1) is 10.8. The highest BCUT2D eigenvalue weighted by Gasteiger charge is 2.06. The van der Waals surface area contributed by atoms with Crippen LogP contribution in [-0.2, 0) is 0 Å². The largest absolute Gasteiger partial charge is 0.309 e. The molecule has 0 aromatic carbocycles. The minimum atomic E-state index is 1.02. The van der Waals surface area contributed by atoms with Gasteiger partial charge in [0.1, 0.15) is 0 Å². The molecule has 0 aromatic rings. The standard InChI is InChI=1S/C20H39N3/c1-8-19(2)12-9-13-20(3)18-23(16-10-14-21(4)5)17-11-15-22(6)7/h8,13H,1-2,9-12,14-18H2,3-7H3/b20-13+. The van der Waals surface area contributed by atoms with Crippen LogP contribution in [0.2, 0.25) is 0 Å². The fourth-order valence-electron chi connectivity index (χ4n) is 2.51. The molecule has 0 saturated carbocycles. The van der Waals surface area contributed by atoms with Crippen LogP contribution >= 0.6 is 0 Å². The summed E-state index contributed by atoms with van der Waals surface area (Å²) in [4.78, 5) is 7.13. The molecule has 0 rings (SSSR count). The van der Waals surface area contributed by atoms with Crippen LogP contribution in [0.3, 0.4) is 0 Å². The van der Waals surface area contributed by atoms with Gasteiger partial charge in [-0.05, 0) is 87.0 Å². The second kappa shape index (κ2) is 13.5. The molecule has 0 aliphatic heterocycles. The van der Waals surface area contributed by atoms with Crippen LogP contribution in [0.4, 0.5) is 0 Å². The summed E-state index contributed by atoms with van der Waals surface area (Å²) in [6.45, 7) is 15.8. The number of hydrogen-bond donors (Lipinski definition) is 0.